The van der Waals surface area contributed by atoms with Crippen LogP contribution in [0.25, 0.3) is 16.9 Å². The quantitative estimate of drug-likeness (QED) is 0.740. The molecule has 2 heterocycles. The van der Waals surface area contributed by atoms with Gasteiger partial charge in [0.25, 0.3) is 5.56 Å². The smallest absolute Gasteiger partial charge is 0.259 e. The van der Waals surface area contributed by atoms with E-state index in [1.807, 2.05) is 0 Å². The molecule has 0 saturated carbocycles. The highest BCUT2D eigenvalue weighted by Crippen LogP contribution is 2.14. The summed E-state index contributed by atoms with van der Waals surface area (Å²) in [5.74, 6) is -0.366. The van der Waals surface area contributed by atoms with Crippen molar-refractivity contribution in [2.24, 2.45) is 0 Å². The molecule has 0 fully saturated rings. The van der Waals surface area contributed by atoms with Crippen molar-refractivity contribution < 1.29 is 4.39 Å². The molecule has 3 aromatic rings. The first kappa shape index (κ1) is 13.4. The molecule has 0 unspecified atom stereocenters. The van der Waals surface area contributed by atoms with E-state index in [9.17, 15) is 9.18 Å². The fourth-order valence-corrected chi connectivity index (χ4v) is 2.32. The molecule has 4 nitrogen and oxygen atoms in total. The summed E-state index contributed by atoms with van der Waals surface area (Å²) in [5.41, 5.74) is 1.67. The van der Waals surface area contributed by atoms with Gasteiger partial charge in [0.05, 0.1) is 11.4 Å². The summed E-state index contributed by atoms with van der Waals surface area (Å²) in [6, 6.07) is 10.6. The van der Waals surface area contributed by atoms with Crippen LogP contribution in [0.2, 0.25) is 0 Å². The van der Waals surface area contributed by atoms with Crippen LogP contribution < -0.4 is 5.56 Å². The van der Waals surface area contributed by atoms with Gasteiger partial charge in [-0.1, -0.05) is 0 Å². The summed E-state index contributed by atoms with van der Waals surface area (Å²) in [6.07, 6.45) is 3.27. The molecule has 1 aromatic carbocycles. The van der Waals surface area contributed by atoms with Crippen LogP contribution >= 0.6 is 12.2 Å². The molecule has 1 N–H and O–H groups in total. The second kappa shape index (κ2) is 5.41. The molecule has 0 saturated heterocycles. The van der Waals surface area contributed by atoms with Gasteiger partial charge in [-0.25, -0.2) is 4.39 Å². The maximum absolute atomic E-state index is 13.0. The Bertz CT molecular complexity index is 854. The Morgan fingerprint density at radius 1 is 1.10 bits per heavy atom. The highest BCUT2D eigenvalue weighted by atomic mass is 32.1. The molecule has 0 amide bonds. The van der Waals surface area contributed by atoms with E-state index >= 15 is 0 Å². The van der Waals surface area contributed by atoms with Gasteiger partial charge in [-0.15, -0.1) is 0 Å². The van der Waals surface area contributed by atoms with Crippen LogP contribution in [0.3, 0.4) is 0 Å². The average molecular weight is 299 g/mol. The van der Waals surface area contributed by atoms with Gasteiger partial charge in [-0.05, 0) is 48.6 Å². The van der Waals surface area contributed by atoms with Crippen molar-refractivity contribution in [1.82, 2.24) is 14.5 Å². The van der Waals surface area contributed by atoms with Crippen molar-refractivity contribution in [2.75, 3.05) is 0 Å². The van der Waals surface area contributed by atoms with Crippen LogP contribution in [0, 0.1) is 10.6 Å². The molecule has 0 bridgehead atoms. The summed E-state index contributed by atoms with van der Waals surface area (Å²) in [4.78, 5) is 19.2. The summed E-state index contributed by atoms with van der Waals surface area (Å²) >= 11 is 5.24. The molecule has 0 atom stereocenters. The normalized spacial score (nSPS) is 10.5. The van der Waals surface area contributed by atoms with Gasteiger partial charge in [-0.3, -0.25) is 14.3 Å². The summed E-state index contributed by atoms with van der Waals surface area (Å²) in [7, 11) is 0. The predicted molar refractivity (Wildman–Crippen MR) is 80.4 cm³/mol. The molecule has 0 aliphatic rings. The van der Waals surface area contributed by atoms with Gasteiger partial charge in [0.15, 0.2) is 4.77 Å². The lowest BCUT2D eigenvalue weighted by Crippen LogP contribution is -2.19. The maximum atomic E-state index is 13.0. The van der Waals surface area contributed by atoms with Gasteiger partial charge in [0.2, 0.25) is 0 Å². The zero-order valence-corrected chi connectivity index (χ0v) is 11.6. The number of pyridine rings is 1. The monoisotopic (exact) mass is 299 g/mol. The Balaban J connectivity index is 2.16. The molecular weight excluding hydrogens is 289 g/mol. The number of aromatic nitrogens is 3. The first-order chi connectivity index (χ1) is 10.1. The highest BCUT2D eigenvalue weighted by molar-refractivity contribution is 7.71. The van der Waals surface area contributed by atoms with Crippen molar-refractivity contribution in [3.05, 3.63) is 75.8 Å². The van der Waals surface area contributed by atoms with Gasteiger partial charge < -0.3 is 4.98 Å². The Morgan fingerprint density at radius 3 is 2.38 bits per heavy atom. The number of aromatic amines is 1. The predicted octanol–water partition coefficient (Wildman–Crippen LogP) is 3.10. The van der Waals surface area contributed by atoms with Crippen molar-refractivity contribution >= 4 is 12.2 Å². The number of nitrogens with one attached hydrogen (secondary N) is 1. The minimum absolute atomic E-state index is 0.251. The van der Waals surface area contributed by atoms with E-state index in [1.165, 1.54) is 34.9 Å². The lowest BCUT2D eigenvalue weighted by atomic mass is 10.2. The number of halogens is 1. The Kier molecular flexibility index (Phi) is 3.45. The van der Waals surface area contributed by atoms with Crippen LogP contribution in [0.4, 0.5) is 4.39 Å². The van der Waals surface area contributed by atoms with E-state index in [2.05, 4.69) is 9.97 Å². The second-order valence-electron chi connectivity index (χ2n) is 4.37. The zero-order chi connectivity index (χ0) is 14.8. The minimum Gasteiger partial charge on any atom is -0.331 e. The van der Waals surface area contributed by atoms with Crippen LogP contribution in [0.1, 0.15) is 0 Å². The molecule has 21 heavy (non-hydrogen) atoms. The number of rotatable bonds is 2. The number of H-pyrrole nitrogens is 1. The fraction of sp³-hybridized carbons (Fsp3) is 0. The maximum Gasteiger partial charge on any atom is 0.259 e. The number of hydrogen-bond acceptors (Lipinski definition) is 3. The molecular formula is C15H10FN3OS. The van der Waals surface area contributed by atoms with Crippen LogP contribution in [-0.2, 0) is 0 Å². The van der Waals surface area contributed by atoms with Gasteiger partial charge in [0.1, 0.15) is 5.82 Å². The number of benzene rings is 1. The third-order valence-electron chi connectivity index (χ3n) is 3.01. The molecule has 0 aliphatic carbocycles. The number of nitrogens with zero attached hydrogens (tertiary/aromatic N) is 2. The van der Waals surface area contributed by atoms with Crippen molar-refractivity contribution in [2.45, 2.75) is 0 Å². The van der Waals surface area contributed by atoms with Crippen molar-refractivity contribution in [1.29, 1.82) is 0 Å². The second-order valence-corrected chi connectivity index (χ2v) is 4.76. The summed E-state index contributed by atoms with van der Waals surface area (Å²) in [5, 5.41) is 0. The van der Waals surface area contributed by atoms with E-state index in [1.54, 1.807) is 24.5 Å². The first-order valence-electron chi connectivity index (χ1n) is 6.18. The minimum atomic E-state index is -0.366. The molecule has 0 spiro atoms. The lowest BCUT2D eigenvalue weighted by molar-refractivity contribution is 0.627. The first-order valence-corrected chi connectivity index (χ1v) is 6.59. The van der Waals surface area contributed by atoms with Crippen LogP contribution in [-0.4, -0.2) is 14.5 Å². The summed E-state index contributed by atoms with van der Waals surface area (Å²) < 4.78 is 14.5. The van der Waals surface area contributed by atoms with E-state index < -0.39 is 0 Å². The fourth-order valence-electron chi connectivity index (χ4n) is 2.02. The third kappa shape index (κ3) is 2.66. The van der Waals surface area contributed by atoms with E-state index in [0.29, 0.717) is 11.4 Å². The SMILES string of the molecule is O=c1cc(-c2ccncc2)[nH]c(=S)n1-c1ccc(F)cc1. The molecule has 0 aliphatic heterocycles. The van der Waals surface area contributed by atoms with Crippen LogP contribution in [0.5, 0.6) is 0 Å². The Morgan fingerprint density at radius 2 is 1.76 bits per heavy atom. The number of hydrogen-bond donors (Lipinski definition) is 1. The van der Waals surface area contributed by atoms with Gasteiger partial charge in [-0.2, -0.15) is 0 Å². The highest BCUT2D eigenvalue weighted by Gasteiger charge is 2.06. The van der Waals surface area contributed by atoms with Gasteiger partial charge in [0, 0.05) is 24.0 Å². The summed E-state index contributed by atoms with van der Waals surface area (Å²) in [6.45, 7) is 0. The molecule has 2 aromatic heterocycles. The zero-order valence-electron chi connectivity index (χ0n) is 10.8. The Labute approximate surface area is 124 Å². The van der Waals surface area contributed by atoms with E-state index in [0.717, 1.165) is 5.56 Å². The topological polar surface area (TPSA) is 50.7 Å². The van der Waals surface area contributed by atoms with Crippen LogP contribution in [0.15, 0.2) is 59.7 Å². The lowest BCUT2D eigenvalue weighted by Gasteiger charge is -2.08. The molecule has 0 radical (unpaired) electrons. The van der Waals surface area contributed by atoms with E-state index in [-0.39, 0.29) is 16.1 Å². The van der Waals surface area contributed by atoms with Crippen molar-refractivity contribution in [3.63, 3.8) is 0 Å². The Hall–Kier alpha value is -2.60. The largest absolute Gasteiger partial charge is 0.331 e. The molecule has 3 rings (SSSR count). The average Bonchev–Trinajstić information content (AvgIpc) is 2.49. The van der Waals surface area contributed by atoms with E-state index in [4.69, 9.17) is 12.2 Å². The third-order valence-corrected chi connectivity index (χ3v) is 3.29. The molecule has 104 valence electrons. The molecule has 6 heteroatoms. The van der Waals surface area contributed by atoms with Gasteiger partial charge >= 0.3 is 0 Å². The van der Waals surface area contributed by atoms with Crippen molar-refractivity contribution in [3.8, 4) is 16.9 Å². The standard InChI is InChI=1S/C15H10FN3OS/c16-11-1-3-12(4-2-11)19-14(20)9-13(18-15(19)21)10-5-7-17-8-6-10/h1-9H,(H,18,21).